The summed E-state index contributed by atoms with van der Waals surface area (Å²) >= 11 is 0. The molecule has 1 saturated heterocycles. The number of carbonyl (C=O) groups is 1. The van der Waals surface area contributed by atoms with Crippen molar-refractivity contribution in [2.24, 2.45) is 5.92 Å². The molecule has 0 saturated carbocycles. The Hall–Kier alpha value is -1.39. The number of nitrogens with zero attached hydrogens (tertiary/aromatic N) is 1. The van der Waals surface area contributed by atoms with E-state index in [4.69, 9.17) is 0 Å². The fourth-order valence-corrected chi connectivity index (χ4v) is 3.34. The molecule has 1 heterocycles. The molecule has 0 spiro atoms. The number of aliphatic hydroxyl groups is 1. The van der Waals surface area contributed by atoms with Crippen molar-refractivity contribution in [3.8, 4) is 0 Å². The molecule has 0 bridgehead atoms. The topological polar surface area (TPSA) is 52.6 Å². The van der Waals surface area contributed by atoms with Gasteiger partial charge in [0, 0.05) is 19.1 Å². The summed E-state index contributed by atoms with van der Waals surface area (Å²) in [6, 6.07) is 9.81. The summed E-state index contributed by atoms with van der Waals surface area (Å²) in [6.07, 6.45) is 2.44. The van der Waals surface area contributed by atoms with E-state index in [1.54, 1.807) is 6.92 Å². The Balaban J connectivity index is 1.83. The highest BCUT2D eigenvalue weighted by Gasteiger charge is 2.28. The van der Waals surface area contributed by atoms with Crippen molar-refractivity contribution in [1.82, 2.24) is 10.2 Å². The summed E-state index contributed by atoms with van der Waals surface area (Å²) < 4.78 is 0. The van der Waals surface area contributed by atoms with Crippen LogP contribution in [-0.4, -0.2) is 41.6 Å². The van der Waals surface area contributed by atoms with Gasteiger partial charge in [0.25, 0.3) is 0 Å². The van der Waals surface area contributed by atoms with Crippen LogP contribution in [0.3, 0.4) is 0 Å². The zero-order chi connectivity index (χ0) is 16.9. The van der Waals surface area contributed by atoms with Gasteiger partial charge in [0.15, 0.2) is 0 Å². The van der Waals surface area contributed by atoms with E-state index in [1.165, 1.54) is 6.42 Å². The van der Waals surface area contributed by atoms with Gasteiger partial charge in [-0.3, -0.25) is 9.69 Å². The second-order valence-electron chi connectivity index (χ2n) is 7.31. The number of amides is 1. The summed E-state index contributed by atoms with van der Waals surface area (Å²) in [7, 11) is 0. The predicted octanol–water partition coefficient (Wildman–Crippen LogP) is 2.52. The number of hydrogen-bond donors (Lipinski definition) is 2. The third-order valence-corrected chi connectivity index (χ3v) is 4.53. The van der Waals surface area contributed by atoms with E-state index in [-0.39, 0.29) is 12.3 Å². The zero-order valence-electron chi connectivity index (χ0n) is 14.6. The number of nitrogens with one attached hydrogen (secondary N) is 1. The lowest BCUT2D eigenvalue weighted by Crippen LogP contribution is -2.43. The highest BCUT2D eigenvalue weighted by atomic mass is 16.3. The Bertz CT molecular complexity index is 499. The number of carbonyl (C=O) groups excluding carboxylic acids is 1. The van der Waals surface area contributed by atoms with E-state index in [1.807, 2.05) is 30.3 Å². The smallest absolute Gasteiger partial charge is 0.223 e. The van der Waals surface area contributed by atoms with Crippen LogP contribution >= 0.6 is 0 Å². The molecule has 1 aromatic carbocycles. The first-order valence-electron chi connectivity index (χ1n) is 8.67. The average molecular weight is 318 g/mol. The van der Waals surface area contributed by atoms with Crippen molar-refractivity contribution in [1.29, 1.82) is 0 Å². The monoisotopic (exact) mass is 318 g/mol. The first-order valence-corrected chi connectivity index (χ1v) is 8.67. The zero-order valence-corrected chi connectivity index (χ0v) is 14.6. The molecule has 2 rings (SSSR count). The van der Waals surface area contributed by atoms with Gasteiger partial charge in [-0.05, 0) is 37.8 Å². The van der Waals surface area contributed by atoms with Crippen molar-refractivity contribution >= 4 is 5.91 Å². The lowest BCUT2D eigenvalue weighted by atomic mass is 9.92. The quantitative estimate of drug-likeness (QED) is 0.812. The molecule has 0 aliphatic carbocycles. The number of likely N-dealkylation sites (tertiary alicyclic amines) is 1. The fourth-order valence-electron chi connectivity index (χ4n) is 3.34. The Morgan fingerprint density at radius 1 is 1.39 bits per heavy atom. The average Bonchev–Trinajstić information content (AvgIpc) is 2.92. The van der Waals surface area contributed by atoms with Gasteiger partial charge in [0.1, 0.15) is 0 Å². The van der Waals surface area contributed by atoms with E-state index >= 15 is 0 Å². The minimum absolute atomic E-state index is 0.0877. The summed E-state index contributed by atoms with van der Waals surface area (Å²) in [4.78, 5) is 14.7. The molecule has 4 heteroatoms. The van der Waals surface area contributed by atoms with E-state index in [0.29, 0.717) is 18.5 Å². The van der Waals surface area contributed by atoms with Gasteiger partial charge >= 0.3 is 0 Å². The summed E-state index contributed by atoms with van der Waals surface area (Å²) in [5.41, 5.74) is -0.351. The van der Waals surface area contributed by atoms with E-state index in [9.17, 15) is 9.90 Å². The Labute approximate surface area is 139 Å². The van der Waals surface area contributed by atoms with Crippen molar-refractivity contribution in [3.63, 3.8) is 0 Å². The minimum atomic E-state index is -1.13. The molecule has 1 amide bonds. The van der Waals surface area contributed by atoms with Gasteiger partial charge < -0.3 is 10.4 Å². The second kappa shape index (κ2) is 7.93. The van der Waals surface area contributed by atoms with Crippen molar-refractivity contribution in [2.45, 2.75) is 51.7 Å². The van der Waals surface area contributed by atoms with Gasteiger partial charge in [-0.15, -0.1) is 0 Å². The highest BCUT2D eigenvalue weighted by molar-refractivity contribution is 5.77. The molecule has 4 nitrogen and oxygen atoms in total. The predicted molar refractivity (Wildman–Crippen MR) is 93.1 cm³/mol. The van der Waals surface area contributed by atoms with Crippen LogP contribution in [0.15, 0.2) is 30.3 Å². The molecular weight excluding hydrogens is 288 g/mol. The van der Waals surface area contributed by atoms with Gasteiger partial charge in [0.2, 0.25) is 5.91 Å². The van der Waals surface area contributed by atoms with Crippen LogP contribution in [-0.2, 0) is 10.4 Å². The first kappa shape index (κ1) is 18.0. The van der Waals surface area contributed by atoms with Crippen LogP contribution in [0.4, 0.5) is 0 Å². The van der Waals surface area contributed by atoms with Crippen LogP contribution in [0.25, 0.3) is 0 Å². The lowest BCUT2D eigenvalue weighted by Gasteiger charge is -2.27. The number of rotatable bonds is 7. The maximum atomic E-state index is 12.2. The second-order valence-corrected chi connectivity index (χ2v) is 7.31. The van der Waals surface area contributed by atoms with Gasteiger partial charge in [-0.2, -0.15) is 0 Å². The Kier molecular flexibility index (Phi) is 6.19. The third kappa shape index (κ3) is 5.33. The first-order chi connectivity index (χ1) is 10.9. The van der Waals surface area contributed by atoms with Crippen LogP contribution < -0.4 is 5.32 Å². The van der Waals surface area contributed by atoms with Gasteiger partial charge in [-0.1, -0.05) is 44.2 Å². The van der Waals surface area contributed by atoms with E-state index < -0.39 is 5.60 Å². The highest BCUT2D eigenvalue weighted by Crippen LogP contribution is 2.24. The fraction of sp³-hybridized carbons (Fsp3) is 0.632. The molecule has 1 unspecified atom stereocenters. The number of benzene rings is 1. The van der Waals surface area contributed by atoms with Crippen LogP contribution in [0.1, 0.15) is 45.6 Å². The van der Waals surface area contributed by atoms with Crippen LogP contribution in [0.5, 0.6) is 0 Å². The van der Waals surface area contributed by atoms with Gasteiger partial charge in [-0.25, -0.2) is 0 Å². The van der Waals surface area contributed by atoms with Crippen molar-refractivity contribution in [3.05, 3.63) is 35.9 Å². The molecule has 2 N–H and O–H groups in total. The van der Waals surface area contributed by atoms with E-state index in [2.05, 4.69) is 24.1 Å². The largest absolute Gasteiger partial charge is 0.385 e. The van der Waals surface area contributed by atoms with Crippen molar-refractivity contribution < 1.29 is 9.90 Å². The molecule has 1 aliphatic rings. The van der Waals surface area contributed by atoms with Crippen LogP contribution in [0, 0.1) is 5.92 Å². The minimum Gasteiger partial charge on any atom is -0.385 e. The summed E-state index contributed by atoms with van der Waals surface area (Å²) in [5.74, 6) is 0.556. The van der Waals surface area contributed by atoms with Gasteiger partial charge in [0.05, 0.1) is 12.0 Å². The molecular formula is C19H30N2O2. The summed E-state index contributed by atoms with van der Waals surface area (Å²) in [5, 5.41) is 13.6. The molecule has 1 aliphatic heterocycles. The molecule has 0 radical (unpaired) electrons. The molecule has 2 atom stereocenters. The molecule has 1 aromatic rings. The lowest BCUT2D eigenvalue weighted by molar-refractivity contribution is -0.126. The molecule has 128 valence electrons. The SMILES string of the molecule is CC(C)CN1CCC[C@@H]1CNC(=O)CC(C)(O)c1ccccc1. The Morgan fingerprint density at radius 2 is 2.09 bits per heavy atom. The molecule has 23 heavy (non-hydrogen) atoms. The third-order valence-electron chi connectivity index (χ3n) is 4.53. The van der Waals surface area contributed by atoms with E-state index in [0.717, 1.165) is 25.1 Å². The molecule has 1 fully saturated rings. The van der Waals surface area contributed by atoms with Crippen molar-refractivity contribution in [2.75, 3.05) is 19.6 Å². The molecule has 0 aromatic heterocycles. The number of hydrogen-bond acceptors (Lipinski definition) is 3. The Morgan fingerprint density at radius 3 is 2.74 bits per heavy atom. The standard InChI is InChI=1S/C19H30N2O2/c1-15(2)14-21-11-7-10-17(21)13-20-18(22)12-19(3,23)16-8-5-4-6-9-16/h4-6,8-9,15,17,23H,7,10-14H2,1-3H3,(H,20,22)/t17-,19?/m1/s1. The normalized spacial score (nSPS) is 21.3. The maximum Gasteiger partial charge on any atom is 0.223 e. The maximum absolute atomic E-state index is 12.2. The van der Waals surface area contributed by atoms with Crippen LogP contribution in [0.2, 0.25) is 0 Å². The summed E-state index contributed by atoms with van der Waals surface area (Å²) in [6.45, 7) is 9.04.